The Morgan fingerprint density at radius 3 is 2.43 bits per heavy atom. The van der Waals surface area contributed by atoms with Crippen LogP contribution in [0.25, 0.3) is 0 Å². The molecular formula is C8H7ClO4S. The minimum Gasteiger partial charge on any atom is -0.506 e. The fourth-order valence-electron chi connectivity index (χ4n) is 0.967. The van der Waals surface area contributed by atoms with Gasteiger partial charge in [0.25, 0.3) is 0 Å². The summed E-state index contributed by atoms with van der Waals surface area (Å²) in [5.74, 6) is -0.563. The molecule has 0 bridgehead atoms. The third-order valence-electron chi connectivity index (χ3n) is 1.60. The number of hydrogen-bond donors (Lipinski definition) is 1. The van der Waals surface area contributed by atoms with Crippen LogP contribution in [0.15, 0.2) is 17.0 Å². The number of halogens is 1. The van der Waals surface area contributed by atoms with Gasteiger partial charge in [-0.05, 0) is 12.1 Å². The minimum absolute atomic E-state index is 0.0883. The Morgan fingerprint density at radius 2 is 2.00 bits per heavy atom. The molecule has 14 heavy (non-hydrogen) atoms. The van der Waals surface area contributed by atoms with E-state index in [2.05, 4.69) is 0 Å². The Kier molecular flexibility index (Phi) is 2.82. The summed E-state index contributed by atoms with van der Waals surface area (Å²) >= 11 is 5.57. The topological polar surface area (TPSA) is 71.4 Å². The summed E-state index contributed by atoms with van der Waals surface area (Å²) < 4.78 is 22.3. The molecule has 0 unspecified atom stereocenters. The molecule has 0 aliphatic heterocycles. The highest BCUT2D eigenvalue weighted by atomic mass is 35.5. The molecule has 4 nitrogen and oxygen atoms in total. The quantitative estimate of drug-likeness (QED) is 0.782. The molecule has 0 radical (unpaired) electrons. The van der Waals surface area contributed by atoms with Crippen molar-refractivity contribution in [3.8, 4) is 5.75 Å². The number of aldehydes is 1. The van der Waals surface area contributed by atoms with E-state index < -0.39 is 15.6 Å². The average Bonchev–Trinajstić information content (AvgIpc) is 2.06. The van der Waals surface area contributed by atoms with Crippen LogP contribution in [-0.4, -0.2) is 26.1 Å². The van der Waals surface area contributed by atoms with Gasteiger partial charge < -0.3 is 5.11 Å². The smallest absolute Gasteiger partial charge is 0.179 e. The average molecular weight is 235 g/mol. The molecule has 0 atom stereocenters. The zero-order chi connectivity index (χ0) is 10.9. The first-order valence-electron chi connectivity index (χ1n) is 3.54. The van der Waals surface area contributed by atoms with Gasteiger partial charge in [-0.2, -0.15) is 0 Å². The molecule has 0 heterocycles. The van der Waals surface area contributed by atoms with Crippen LogP contribution >= 0.6 is 11.6 Å². The zero-order valence-electron chi connectivity index (χ0n) is 7.19. The number of phenolic OH excluding ortho intramolecular Hbond substituents is 1. The number of carbonyl (C=O) groups excluding carboxylic acids is 1. The molecule has 0 aliphatic rings. The van der Waals surface area contributed by atoms with Gasteiger partial charge in [0.2, 0.25) is 0 Å². The maximum atomic E-state index is 11.1. The molecule has 0 saturated heterocycles. The number of hydrogen-bond acceptors (Lipinski definition) is 4. The van der Waals surface area contributed by atoms with Gasteiger partial charge in [-0.15, -0.1) is 0 Å². The summed E-state index contributed by atoms with van der Waals surface area (Å²) in [4.78, 5) is 10.1. The van der Waals surface area contributed by atoms with E-state index in [1.54, 1.807) is 0 Å². The Balaban J connectivity index is 3.61. The Bertz CT molecular complexity index is 478. The minimum atomic E-state index is -3.58. The predicted molar refractivity (Wildman–Crippen MR) is 51.6 cm³/mol. The van der Waals surface area contributed by atoms with Gasteiger partial charge in [-0.1, -0.05) is 11.6 Å². The van der Waals surface area contributed by atoms with E-state index in [1.807, 2.05) is 0 Å². The summed E-state index contributed by atoms with van der Waals surface area (Å²) in [7, 11) is -3.58. The molecule has 0 aromatic heterocycles. The van der Waals surface area contributed by atoms with Crippen LogP contribution < -0.4 is 0 Å². The van der Waals surface area contributed by atoms with Gasteiger partial charge in [-0.3, -0.25) is 4.79 Å². The standard InChI is InChI=1S/C8H7ClO4S/c1-14(12,13)7-3-6(9)2-5(4-10)8(7)11/h2-4,11H,1H3. The number of sulfone groups is 1. The lowest BCUT2D eigenvalue weighted by Gasteiger charge is -2.04. The highest BCUT2D eigenvalue weighted by Gasteiger charge is 2.17. The number of carbonyl (C=O) groups is 1. The SMILES string of the molecule is CS(=O)(=O)c1cc(Cl)cc(C=O)c1O. The van der Waals surface area contributed by atoms with Crippen molar-refractivity contribution in [1.29, 1.82) is 0 Å². The summed E-state index contributed by atoms with van der Waals surface area (Å²) in [6, 6.07) is 2.29. The third-order valence-corrected chi connectivity index (χ3v) is 2.92. The van der Waals surface area contributed by atoms with Crippen LogP contribution in [0.3, 0.4) is 0 Å². The third kappa shape index (κ3) is 2.05. The van der Waals surface area contributed by atoms with Crippen LogP contribution in [0.1, 0.15) is 10.4 Å². The van der Waals surface area contributed by atoms with Crippen molar-refractivity contribution in [2.45, 2.75) is 4.90 Å². The molecule has 0 aliphatic carbocycles. The van der Waals surface area contributed by atoms with Crippen molar-refractivity contribution in [2.75, 3.05) is 6.26 Å². The van der Waals surface area contributed by atoms with Gasteiger partial charge in [0, 0.05) is 11.3 Å². The van der Waals surface area contributed by atoms with E-state index in [0.717, 1.165) is 12.3 Å². The summed E-state index contributed by atoms with van der Waals surface area (Å²) in [6.07, 6.45) is 1.27. The monoisotopic (exact) mass is 234 g/mol. The molecule has 0 amide bonds. The first kappa shape index (κ1) is 11.0. The summed E-state index contributed by atoms with van der Waals surface area (Å²) in [6.45, 7) is 0. The predicted octanol–water partition coefficient (Wildman–Crippen LogP) is 1.26. The Labute approximate surface area is 86.0 Å². The normalized spacial score (nSPS) is 11.3. The van der Waals surface area contributed by atoms with Gasteiger partial charge in [0.15, 0.2) is 16.1 Å². The van der Waals surface area contributed by atoms with Crippen molar-refractivity contribution in [2.24, 2.45) is 0 Å². The number of benzene rings is 1. The summed E-state index contributed by atoms with van der Waals surface area (Å²) in [5.41, 5.74) is -0.141. The molecule has 0 saturated carbocycles. The van der Waals surface area contributed by atoms with Gasteiger partial charge in [-0.25, -0.2) is 8.42 Å². The van der Waals surface area contributed by atoms with Crippen LogP contribution in [0.2, 0.25) is 5.02 Å². The molecule has 1 N–H and O–H groups in total. The first-order valence-corrected chi connectivity index (χ1v) is 5.81. The molecule has 6 heteroatoms. The van der Waals surface area contributed by atoms with Crippen molar-refractivity contribution < 1.29 is 18.3 Å². The molecule has 0 spiro atoms. The number of phenols is 1. The fraction of sp³-hybridized carbons (Fsp3) is 0.125. The highest BCUT2D eigenvalue weighted by Crippen LogP contribution is 2.29. The molecule has 1 aromatic carbocycles. The molecule has 1 aromatic rings. The Morgan fingerprint density at radius 1 is 1.43 bits per heavy atom. The maximum Gasteiger partial charge on any atom is 0.179 e. The van der Waals surface area contributed by atoms with Gasteiger partial charge >= 0.3 is 0 Å². The van der Waals surface area contributed by atoms with E-state index in [4.69, 9.17) is 11.6 Å². The van der Waals surface area contributed by atoms with Crippen molar-refractivity contribution in [1.82, 2.24) is 0 Å². The first-order chi connectivity index (χ1) is 6.36. The maximum absolute atomic E-state index is 11.1. The second-order valence-electron chi connectivity index (χ2n) is 2.73. The highest BCUT2D eigenvalue weighted by molar-refractivity contribution is 7.90. The number of rotatable bonds is 2. The molecule has 0 fully saturated rings. The second-order valence-corrected chi connectivity index (χ2v) is 5.15. The van der Waals surface area contributed by atoms with Gasteiger partial charge in [0.05, 0.1) is 5.56 Å². The van der Waals surface area contributed by atoms with E-state index in [0.29, 0.717) is 6.29 Å². The lowest BCUT2D eigenvalue weighted by molar-refractivity contribution is 0.112. The second kappa shape index (κ2) is 3.59. The van der Waals surface area contributed by atoms with Crippen LogP contribution in [-0.2, 0) is 9.84 Å². The van der Waals surface area contributed by atoms with Crippen molar-refractivity contribution >= 4 is 27.7 Å². The zero-order valence-corrected chi connectivity index (χ0v) is 8.76. The van der Waals surface area contributed by atoms with Crippen molar-refractivity contribution in [3.63, 3.8) is 0 Å². The van der Waals surface area contributed by atoms with Crippen LogP contribution in [0.5, 0.6) is 5.75 Å². The fourth-order valence-corrected chi connectivity index (χ4v) is 2.07. The Hall–Kier alpha value is -1.07. The molecule has 76 valence electrons. The van der Waals surface area contributed by atoms with E-state index in [-0.39, 0.29) is 15.5 Å². The van der Waals surface area contributed by atoms with E-state index in [9.17, 15) is 18.3 Å². The van der Waals surface area contributed by atoms with Crippen LogP contribution in [0, 0.1) is 0 Å². The summed E-state index contributed by atoms with van der Waals surface area (Å²) in [5, 5.41) is 9.47. The molecular weight excluding hydrogens is 228 g/mol. The van der Waals surface area contributed by atoms with E-state index in [1.165, 1.54) is 6.07 Å². The largest absolute Gasteiger partial charge is 0.506 e. The van der Waals surface area contributed by atoms with E-state index >= 15 is 0 Å². The van der Waals surface area contributed by atoms with Gasteiger partial charge in [0.1, 0.15) is 10.6 Å². The number of aromatic hydroxyl groups is 1. The van der Waals surface area contributed by atoms with Crippen molar-refractivity contribution in [3.05, 3.63) is 22.7 Å². The lowest BCUT2D eigenvalue weighted by Crippen LogP contribution is -1.99. The lowest BCUT2D eigenvalue weighted by atomic mass is 10.2. The van der Waals surface area contributed by atoms with Crippen LogP contribution in [0.4, 0.5) is 0 Å². The molecule has 1 rings (SSSR count).